The van der Waals surface area contributed by atoms with E-state index in [-0.39, 0.29) is 6.10 Å². The van der Waals surface area contributed by atoms with Gasteiger partial charge in [0.2, 0.25) is 0 Å². The van der Waals surface area contributed by atoms with E-state index >= 15 is 0 Å². The van der Waals surface area contributed by atoms with E-state index in [1.165, 1.54) is 12.1 Å². The molecule has 1 fully saturated rings. The van der Waals surface area contributed by atoms with Crippen molar-refractivity contribution in [1.82, 2.24) is 9.78 Å². The van der Waals surface area contributed by atoms with Gasteiger partial charge >= 0.3 is 0 Å². The first kappa shape index (κ1) is 14.0. The zero-order valence-electron chi connectivity index (χ0n) is 10.8. The van der Waals surface area contributed by atoms with Crippen LogP contribution in [-0.2, 0) is 11.3 Å². The fraction of sp³-hybridized carbons (Fsp3) is 0.769. The normalized spacial score (nSPS) is 25.1. The lowest BCUT2D eigenvalue weighted by atomic mass is 9.95. The molecule has 1 aromatic rings. The molecule has 0 radical (unpaired) electrons. The molecule has 0 spiro atoms. The second-order valence-electron chi connectivity index (χ2n) is 4.96. The molecule has 0 aliphatic heterocycles. The van der Waals surface area contributed by atoms with Crippen molar-refractivity contribution in [3.63, 3.8) is 0 Å². The Bertz CT molecular complexity index is 381. The molecule has 2 atom stereocenters. The number of aromatic nitrogens is 2. The fourth-order valence-corrected chi connectivity index (χ4v) is 3.34. The second-order valence-corrected chi connectivity index (χ2v) is 5.82. The van der Waals surface area contributed by atoms with Gasteiger partial charge in [-0.2, -0.15) is 5.10 Å². The molecule has 4 nitrogen and oxygen atoms in total. The Hall–Kier alpha value is -0.390. The molecule has 1 N–H and O–H groups in total. The third kappa shape index (κ3) is 3.33. The molecule has 2 rings (SSSR count). The van der Waals surface area contributed by atoms with Crippen molar-refractivity contribution in [2.75, 3.05) is 13.7 Å². The lowest BCUT2D eigenvalue weighted by molar-refractivity contribution is 0.149. The van der Waals surface area contributed by atoms with Gasteiger partial charge in [-0.15, -0.1) is 0 Å². The van der Waals surface area contributed by atoms with Crippen LogP contribution in [0.2, 0.25) is 0 Å². The van der Waals surface area contributed by atoms with E-state index in [9.17, 15) is 5.11 Å². The lowest BCUT2D eigenvalue weighted by Crippen LogP contribution is -2.16. The van der Waals surface area contributed by atoms with Crippen LogP contribution in [0, 0.1) is 0 Å². The molecule has 1 heterocycles. The van der Waals surface area contributed by atoms with Crippen LogP contribution in [0.15, 0.2) is 10.7 Å². The molecule has 1 aliphatic rings. The Balaban J connectivity index is 2.16. The van der Waals surface area contributed by atoms with Crippen LogP contribution in [0.4, 0.5) is 0 Å². The van der Waals surface area contributed by atoms with Crippen LogP contribution in [0.1, 0.15) is 43.7 Å². The lowest BCUT2D eigenvalue weighted by Gasteiger charge is -2.19. The van der Waals surface area contributed by atoms with E-state index in [4.69, 9.17) is 4.74 Å². The largest absolute Gasteiger partial charge is 0.393 e. The highest BCUT2D eigenvalue weighted by molar-refractivity contribution is 9.10. The SMILES string of the molecule is COCCn1ncc(Br)c1C1CCCCC(O)C1. The van der Waals surface area contributed by atoms with E-state index in [1.54, 1.807) is 7.11 Å². The molecule has 0 bridgehead atoms. The van der Waals surface area contributed by atoms with Gasteiger partial charge in [0.15, 0.2) is 0 Å². The van der Waals surface area contributed by atoms with Crippen molar-refractivity contribution in [3.8, 4) is 0 Å². The van der Waals surface area contributed by atoms with E-state index < -0.39 is 0 Å². The average Bonchev–Trinajstić information content (AvgIpc) is 2.57. The highest BCUT2D eigenvalue weighted by atomic mass is 79.9. The monoisotopic (exact) mass is 316 g/mol. The van der Waals surface area contributed by atoms with Gasteiger partial charge in [-0.05, 0) is 35.2 Å². The minimum Gasteiger partial charge on any atom is -0.393 e. The average molecular weight is 317 g/mol. The standard InChI is InChI=1S/C13H21BrN2O2/c1-18-7-6-16-13(12(14)9-15-16)10-4-2-3-5-11(17)8-10/h9-11,17H,2-8H2,1H3. The molecular formula is C13H21BrN2O2. The van der Waals surface area contributed by atoms with Crippen LogP contribution in [0.3, 0.4) is 0 Å². The highest BCUT2D eigenvalue weighted by Gasteiger charge is 2.25. The number of methoxy groups -OCH3 is 1. The predicted octanol–water partition coefficient (Wildman–Crippen LogP) is 2.70. The van der Waals surface area contributed by atoms with Crippen LogP contribution in [0.5, 0.6) is 0 Å². The van der Waals surface area contributed by atoms with Crippen molar-refractivity contribution >= 4 is 15.9 Å². The molecule has 18 heavy (non-hydrogen) atoms. The maximum atomic E-state index is 9.95. The summed E-state index contributed by atoms with van der Waals surface area (Å²) in [5.74, 6) is 0.399. The van der Waals surface area contributed by atoms with Gasteiger partial charge in [0.05, 0.1) is 35.6 Å². The van der Waals surface area contributed by atoms with E-state index in [0.29, 0.717) is 12.5 Å². The van der Waals surface area contributed by atoms with E-state index in [1.807, 2.05) is 10.9 Å². The summed E-state index contributed by atoms with van der Waals surface area (Å²) < 4.78 is 8.18. The zero-order valence-corrected chi connectivity index (χ0v) is 12.4. The molecule has 2 unspecified atom stereocenters. The molecule has 102 valence electrons. The van der Waals surface area contributed by atoms with Gasteiger partial charge in [-0.3, -0.25) is 4.68 Å². The van der Waals surface area contributed by atoms with Crippen LogP contribution in [0.25, 0.3) is 0 Å². The Morgan fingerprint density at radius 2 is 2.28 bits per heavy atom. The number of rotatable bonds is 4. The van der Waals surface area contributed by atoms with E-state index in [0.717, 1.165) is 36.7 Å². The van der Waals surface area contributed by atoms with Crippen LogP contribution < -0.4 is 0 Å². The predicted molar refractivity (Wildman–Crippen MR) is 73.6 cm³/mol. The summed E-state index contributed by atoms with van der Waals surface area (Å²) in [6.07, 6.45) is 6.90. The van der Waals surface area contributed by atoms with Gasteiger partial charge in [0, 0.05) is 13.0 Å². The maximum Gasteiger partial charge on any atom is 0.0658 e. The van der Waals surface area contributed by atoms with E-state index in [2.05, 4.69) is 21.0 Å². The first-order chi connectivity index (χ1) is 8.72. The minimum absolute atomic E-state index is 0.171. The summed E-state index contributed by atoms with van der Waals surface area (Å²) in [6.45, 7) is 1.43. The molecule has 0 aromatic carbocycles. The quantitative estimate of drug-likeness (QED) is 0.869. The number of ether oxygens (including phenoxy) is 1. The zero-order chi connectivity index (χ0) is 13.0. The molecule has 0 saturated heterocycles. The minimum atomic E-state index is -0.171. The topological polar surface area (TPSA) is 47.3 Å². The van der Waals surface area contributed by atoms with Crippen LogP contribution >= 0.6 is 15.9 Å². The van der Waals surface area contributed by atoms with Gasteiger partial charge < -0.3 is 9.84 Å². The summed E-state index contributed by atoms with van der Waals surface area (Å²) in [5, 5.41) is 14.3. The second kappa shape index (κ2) is 6.68. The molecule has 1 aliphatic carbocycles. The van der Waals surface area contributed by atoms with Crippen molar-refractivity contribution < 1.29 is 9.84 Å². The number of aliphatic hydroxyl groups is 1. The molecule has 0 amide bonds. The third-order valence-electron chi connectivity index (χ3n) is 3.62. The van der Waals surface area contributed by atoms with Crippen LogP contribution in [-0.4, -0.2) is 34.7 Å². The number of hydrogen-bond donors (Lipinski definition) is 1. The van der Waals surface area contributed by atoms with Gasteiger partial charge in [0.25, 0.3) is 0 Å². The number of aliphatic hydroxyl groups excluding tert-OH is 1. The Kier molecular flexibility index (Phi) is 5.21. The number of halogens is 1. The van der Waals surface area contributed by atoms with Crippen molar-refractivity contribution in [2.45, 2.75) is 50.7 Å². The Labute approximate surface area is 116 Å². The summed E-state index contributed by atoms with van der Waals surface area (Å²) in [7, 11) is 1.70. The molecular weight excluding hydrogens is 296 g/mol. The van der Waals surface area contributed by atoms with Gasteiger partial charge in [0.1, 0.15) is 0 Å². The fourth-order valence-electron chi connectivity index (χ4n) is 2.72. The van der Waals surface area contributed by atoms with Gasteiger partial charge in [-0.1, -0.05) is 12.8 Å². The van der Waals surface area contributed by atoms with Crippen molar-refractivity contribution in [2.24, 2.45) is 0 Å². The highest BCUT2D eigenvalue weighted by Crippen LogP contribution is 2.35. The molecule has 1 aromatic heterocycles. The summed E-state index contributed by atoms with van der Waals surface area (Å²) in [4.78, 5) is 0. The smallest absolute Gasteiger partial charge is 0.0658 e. The Morgan fingerprint density at radius 3 is 3.06 bits per heavy atom. The van der Waals surface area contributed by atoms with Crippen molar-refractivity contribution in [3.05, 3.63) is 16.4 Å². The van der Waals surface area contributed by atoms with Gasteiger partial charge in [-0.25, -0.2) is 0 Å². The molecule has 5 heteroatoms. The maximum absolute atomic E-state index is 9.95. The number of nitrogens with zero attached hydrogens (tertiary/aromatic N) is 2. The van der Waals surface area contributed by atoms with Crippen molar-refractivity contribution in [1.29, 1.82) is 0 Å². The first-order valence-electron chi connectivity index (χ1n) is 6.60. The number of hydrogen-bond acceptors (Lipinski definition) is 3. The summed E-state index contributed by atoms with van der Waals surface area (Å²) in [6, 6.07) is 0. The third-order valence-corrected chi connectivity index (χ3v) is 4.23. The summed E-state index contributed by atoms with van der Waals surface area (Å²) >= 11 is 3.58. The summed E-state index contributed by atoms with van der Waals surface area (Å²) in [5.41, 5.74) is 1.22. The first-order valence-corrected chi connectivity index (χ1v) is 7.40. The molecule has 1 saturated carbocycles. The Morgan fingerprint density at radius 1 is 1.50 bits per heavy atom.